The van der Waals surface area contributed by atoms with E-state index in [1.165, 1.54) is 19.3 Å². The minimum Gasteiger partial charge on any atom is -0.475 e. The second-order valence-corrected chi connectivity index (χ2v) is 7.86. The minimum atomic E-state index is -0.423. The lowest BCUT2D eigenvalue weighted by atomic mass is 10.1. The lowest BCUT2D eigenvalue weighted by Crippen LogP contribution is -2.12. The molecule has 1 amide bonds. The van der Waals surface area contributed by atoms with E-state index in [4.69, 9.17) is 9.47 Å². The van der Waals surface area contributed by atoms with Gasteiger partial charge in [-0.2, -0.15) is 0 Å². The van der Waals surface area contributed by atoms with Crippen LogP contribution in [0.25, 0.3) is 11.6 Å². The van der Waals surface area contributed by atoms with E-state index < -0.39 is 5.97 Å². The van der Waals surface area contributed by atoms with Crippen LogP contribution >= 0.6 is 0 Å². The number of nitrogens with one attached hydrogen (secondary N) is 2. The van der Waals surface area contributed by atoms with Crippen molar-refractivity contribution >= 4 is 29.2 Å². The number of hydrogen-bond donors (Lipinski definition) is 2. The molecule has 2 N–H and O–H groups in total. The van der Waals surface area contributed by atoms with Gasteiger partial charge in [0, 0.05) is 17.3 Å². The number of carbonyl (C=O) groups excluding carboxylic acids is 2. The van der Waals surface area contributed by atoms with Crippen LogP contribution in [0.3, 0.4) is 0 Å². The standard InChI is InChI=1S/C24H31N3O4/c1-5-7-8-9-10-16(4)31-22-13-17-18(23(28)27-21(17)14-25-22)12-20-19(11-15(3)26-20)24(29)30-6-2/h11-14,16,26H,5-10H2,1-4H3,(H,27,28)/b18-12-/t16-/m0/s1. The molecule has 0 unspecified atom stereocenters. The van der Waals surface area contributed by atoms with Crippen LogP contribution in [0.4, 0.5) is 5.69 Å². The normalized spacial score (nSPS) is 15.0. The van der Waals surface area contributed by atoms with Gasteiger partial charge in [0.05, 0.1) is 41.4 Å². The number of aromatic amines is 1. The van der Waals surface area contributed by atoms with Crippen molar-refractivity contribution in [3.05, 3.63) is 40.8 Å². The van der Waals surface area contributed by atoms with Gasteiger partial charge >= 0.3 is 5.97 Å². The van der Waals surface area contributed by atoms with Crippen molar-refractivity contribution in [3.8, 4) is 5.88 Å². The summed E-state index contributed by atoms with van der Waals surface area (Å²) in [6, 6.07) is 3.50. The Hall–Kier alpha value is -3.09. The Morgan fingerprint density at radius 2 is 2.03 bits per heavy atom. The summed E-state index contributed by atoms with van der Waals surface area (Å²) in [5, 5.41) is 2.82. The fraction of sp³-hybridized carbons (Fsp3) is 0.458. The number of pyridine rings is 1. The van der Waals surface area contributed by atoms with Crippen molar-refractivity contribution < 1.29 is 19.1 Å². The Labute approximate surface area is 183 Å². The first-order valence-electron chi connectivity index (χ1n) is 11.0. The number of H-pyrrole nitrogens is 1. The lowest BCUT2D eigenvalue weighted by molar-refractivity contribution is -0.110. The molecule has 1 aliphatic rings. The number of unbranched alkanes of at least 4 members (excludes halogenated alkanes) is 3. The first-order valence-corrected chi connectivity index (χ1v) is 11.0. The molecule has 1 aliphatic heterocycles. The molecule has 0 saturated heterocycles. The molecular weight excluding hydrogens is 394 g/mol. The van der Waals surface area contributed by atoms with Crippen LogP contribution in [-0.4, -0.2) is 34.6 Å². The van der Waals surface area contributed by atoms with Gasteiger partial charge in [-0.3, -0.25) is 4.79 Å². The highest BCUT2D eigenvalue weighted by molar-refractivity contribution is 6.35. The van der Waals surface area contributed by atoms with Crippen molar-refractivity contribution in [1.29, 1.82) is 0 Å². The lowest BCUT2D eigenvalue weighted by Gasteiger charge is -2.14. The fourth-order valence-electron chi connectivity index (χ4n) is 3.65. The summed E-state index contributed by atoms with van der Waals surface area (Å²) in [5.74, 6) is -0.186. The molecule has 0 saturated carbocycles. The van der Waals surface area contributed by atoms with E-state index >= 15 is 0 Å². The molecule has 31 heavy (non-hydrogen) atoms. The number of fused-ring (bicyclic) bond motifs is 1. The van der Waals surface area contributed by atoms with Crippen molar-refractivity contribution in [2.45, 2.75) is 65.9 Å². The van der Waals surface area contributed by atoms with Crippen molar-refractivity contribution in [3.63, 3.8) is 0 Å². The molecule has 0 bridgehead atoms. The van der Waals surface area contributed by atoms with Gasteiger partial charge in [0.1, 0.15) is 0 Å². The van der Waals surface area contributed by atoms with E-state index in [1.54, 1.807) is 31.3 Å². The molecule has 7 heteroatoms. The van der Waals surface area contributed by atoms with Gasteiger partial charge in [0.15, 0.2) is 0 Å². The smallest absolute Gasteiger partial charge is 0.340 e. The number of rotatable bonds is 10. The highest BCUT2D eigenvalue weighted by Crippen LogP contribution is 2.35. The van der Waals surface area contributed by atoms with E-state index in [1.807, 2.05) is 13.8 Å². The zero-order valence-corrected chi connectivity index (χ0v) is 18.7. The largest absolute Gasteiger partial charge is 0.475 e. The third kappa shape index (κ3) is 5.54. The summed E-state index contributed by atoms with van der Waals surface area (Å²) in [5.41, 5.74) is 3.53. The van der Waals surface area contributed by atoms with Crippen LogP contribution < -0.4 is 10.1 Å². The second kappa shape index (κ2) is 10.3. The molecule has 3 rings (SSSR count). The van der Waals surface area contributed by atoms with Crippen LogP contribution in [0.15, 0.2) is 18.3 Å². The number of nitrogens with zero attached hydrogens (tertiary/aromatic N) is 1. The summed E-state index contributed by atoms with van der Waals surface area (Å²) >= 11 is 0. The number of aromatic nitrogens is 2. The van der Waals surface area contributed by atoms with Crippen LogP contribution in [-0.2, 0) is 9.53 Å². The molecule has 0 aromatic carbocycles. The van der Waals surface area contributed by atoms with Gasteiger partial charge in [-0.1, -0.05) is 26.2 Å². The summed E-state index contributed by atoms with van der Waals surface area (Å²) in [6.45, 7) is 8.12. The van der Waals surface area contributed by atoms with E-state index in [-0.39, 0.29) is 18.6 Å². The topological polar surface area (TPSA) is 93.3 Å². The highest BCUT2D eigenvalue weighted by atomic mass is 16.5. The number of amides is 1. The predicted octanol–water partition coefficient (Wildman–Crippen LogP) is 5.13. The molecule has 2 aromatic heterocycles. The Morgan fingerprint density at radius 3 is 2.77 bits per heavy atom. The van der Waals surface area contributed by atoms with Gasteiger partial charge in [-0.25, -0.2) is 9.78 Å². The molecule has 0 fully saturated rings. The van der Waals surface area contributed by atoms with Gasteiger partial charge < -0.3 is 19.8 Å². The summed E-state index contributed by atoms with van der Waals surface area (Å²) in [4.78, 5) is 32.4. The Bertz CT molecular complexity index is 977. The Kier molecular flexibility index (Phi) is 7.50. The number of ether oxygens (including phenoxy) is 2. The fourth-order valence-corrected chi connectivity index (χ4v) is 3.65. The molecular formula is C24H31N3O4. The summed E-state index contributed by atoms with van der Waals surface area (Å²) < 4.78 is 11.1. The monoisotopic (exact) mass is 425 g/mol. The van der Waals surface area contributed by atoms with Gasteiger partial charge in [0.25, 0.3) is 5.91 Å². The number of aryl methyl sites for hydroxylation is 1. The third-order valence-corrected chi connectivity index (χ3v) is 5.21. The Balaban J connectivity index is 1.82. The maximum atomic E-state index is 12.6. The SMILES string of the molecule is CCCCCC[C@H](C)Oc1cc2c(cn1)NC(=O)/C2=C\c1[nH]c(C)cc1C(=O)OCC. The minimum absolute atomic E-state index is 0.0429. The van der Waals surface area contributed by atoms with Crippen molar-refractivity contribution in [2.24, 2.45) is 0 Å². The highest BCUT2D eigenvalue weighted by Gasteiger charge is 2.27. The van der Waals surface area contributed by atoms with Gasteiger partial charge in [-0.15, -0.1) is 0 Å². The van der Waals surface area contributed by atoms with E-state index in [2.05, 4.69) is 22.2 Å². The zero-order chi connectivity index (χ0) is 22.4. The van der Waals surface area contributed by atoms with Crippen LogP contribution in [0, 0.1) is 6.92 Å². The van der Waals surface area contributed by atoms with Gasteiger partial charge in [0.2, 0.25) is 5.88 Å². The average Bonchev–Trinajstić information content (AvgIpc) is 3.25. The van der Waals surface area contributed by atoms with Crippen LogP contribution in [0.5, 0.6) is 5.88 Å². The number of anilines is 1. The zero-order valence-electron chi connectivity index (χ0n) is 18.7. The number of carbonyl (C=O) groups is 2. The molecule has 3 heterocycles. The molecule has 166 valence electrons. The predicted molar refractivity (Wildman–Crippen MR) is 121 cm³/mol. The van der Waals surface area contributed by atoms with Crippen molar-refractivity contribution in [1.82, 2.24) is 9.97 Å². The van der Waals surface area contributed by atoms with Gasteiger partial charge in [-0.05, 0) is 45.8 Å². The molecule has 0 radical (unpaired) electrons. The summed E-state index contributed by atoms with van der Waals surface area (Å²) in [7, 11) is 0. The molecule has 7 nitrogen and oxygen atoms in total. The second-order valence-electron chi connectivity index (χ2n) is 7.86. The Morgan fingerprint density at radius 1 is 1.23 bits per heavy atom. The van der Waals surface area contributed by atoms with Crippen molar-refractivity contribution in [2.75, 3.05) is 11.9 Å². The van der Waals surface area contributed by atoms with Crippen LogP contribution in [0.1, 0.15) is 80.2 Å². The van der Waals surface area contributed by atoms with E-state index in [0.717, 1.165) is 18.5 Å². The van der Waals surface area contributed by atoms with Crippen LogP contribution in [0.2, 0.25) is 0 Å². The molecule has 0 aliphatic carbocycles. The third-order valence-electron chi connectivity index (χ3n) is 5.21. The number of esters is 1. The first kappa shape index (κ1) is 22.6. The molecule has 0 spiro atoms. The quantitative estimate of drug-likeness (QED) is 0.313. The molecule has 1 atom stereocenters. The maximum Gasteiger partial charge on any atom is 0.340 e. The van der Waals surface area contributed by atoms with E-state index in [0.29, 0.717) is 34.0 Å². The maximum absolute atomic E-state index is 12.6. The summed E-state index contributed by atoms with van der Waals surface area (Å²) in [6.07, 6.45) is 9.05. The average molecular weight is 426 g/mol. The first-order chi connectivity index (χ1) is 14.9. The number of hydrogen-bond acceptors (Lipinski definition) is 5. The van der Waals surface area contributed by atoms with E-state index in [9.17, 15) is 9.59 Å². The molecule has 2 aromatic rings.